The number of carbonyl (C=O) groups excluding carboxylic acids is 1. The fourth-order valence-corrected chi connectivity index (χ4v) is 2.73. The number of benzene rings is 1. The van der Waals surface area contributed by atoms with E-state index in [0.717, 1.165) is 5.56 Å². The average Bonchev–Trinajstić information content (AvgIpc) is 2.53. The van der Waals surface area contributed by atoms with E-state index in [1.165, 1.54) is 0 Å². The van der Waals surface area contributed by atoms with E-state index in [4.69, 9.17) is 14.2 Å². The van der Waals surface area contributed by atoms with E-state index < -0.39 is 6.10 Å². The highest BCUT2D eigenvalue weighted by molar-refractivity contribution is 5.72. The predicted octanol–water partition coefficient (Wildman–Crippen LogP) is 2.66. The Hall–Kier alpha value is -1.43. The highest BCUT2D eigenvalue weighted by Crippen LogP contribution is 2.28. The van der Waals surface area contributed by atoms with Crippen LogP contribution in [0.15, 0.2) is 30.3 Å². The van der Waals surface area contributed by atoms with Crippen LogP contribution in [-0.4, -0.2) is 36.2 Å². The molecule has 1 N–H and O–H groups in total. The van der Waals surface area contributed by atoms with E-state index >= 15 is 0 Å². The monoisotopic (exact) mass is 322 g/mol. The first-order chi connectivity index (χ1) is 11.1. The molecule has 0 unspecified atom stereocenters. The first-order valence-electron chi connectivity index (χ1n) is 8.18. The normalized spacial score (nSPS) is 24.6. The molecule has 128 valence electrons. The zero-order chi connectivity index (χ0) is 16.7. The molecule has 0 saturated heterocycles. The molecule has 1 aliphatic carbocycles. The van der Waals surface area contributed by atoms with Gasteiger partial charge in [-0.05, 0) is 38.7 Å². The van der Waals surface area contributed by atoms with Gasteiger partial charge in [-0.25, -0.2) is 0 Å². The Bertz CT molecular complexity index is 474. The van der Waals surface area contributed by atoms with Crippen molar-refractivity contribution in [3.05, 3.63) is 35.9 Å². The molecule has 0 radical (unpaired) electrons. The summed E-state index contributed by atoms with van der Waals surface area (Å²) in [5.74, 6) is -0.463. The van der Waals surface area contributed by atoms with Gasteiger partial charge >= 0.3 is 5.97 Å². The maximum Gasteiger partial charge on any atom is 0.309 e. The molecular weight excluding hydrogens is 296 g/mol. The van der Waals surface area contributed by atoms with Gasteiger partial charge in [-0.1, -0.05) is 30.3 Å². The van der Waals surface area contributed by atoms with Crippen LogP contribution in [0.25, 0.3) is 0 Å². The highest BCUT2D eigenvalue weighted by atomic mass is 16.7. The van der Waals surface area contributed by atoms with Crippen LogP contribution >= 0.6 is 0 Å². The number of carbonyl (C=O) groups is 1. The van der Waals surface area contributed by atoms with Crippen LogP contribution in [0, 0.1) is 5.92 Å². The lowest BCUT2D eigenvalue weighted by atomic mass is 9.85. The summed E-state index contributed by atoms with van der Waals surface area (Å²) >= 11 is 0. The number of aliphatic hydroxyl groups is 1. The van der Waals surface area contributed by atoms with E-state index in [1.807, 2.05) is 44.2 Å². The minimum absolute atomic E-state index is 0.125. The third kappa shape index (κ3) is 5.94. The molecule has 0 heterocycles. The number of ether oxygens (including phenoxy) is 3. The summed E-state index contributed by atoms with van der Waals surface area (Å²) in [5, 5.41) is 10.2. The molecular formula is C18H26O5. The highest BCUT2D eigenvalue weighted by Gasteiger charge is 2.34. The predicted molar refractivity (Wildman–Crippen MR) is 85.5 cm³/mol. The SMILES string of the molecule is CC(C)OC(=O)[C@@H]1CC[C@@H](OCOCc2ccccc2)[C@H](O)C1. The van der Waals surface area contributed by atoms with E-state index in [2.05, 4.69) is 0 Å². The molecule has 0 aromatic heterocycles. The Balaban J connectivity index is 1.67. The van der Waals surface area contributed by atoms with Crippen molar-refractivity contribution in [3.63, 3.8) is 0 Å². The first-order valence-corrected chi connectivity index (χ1v) is 8.18. The molecule has 0 spiro atoms. The average molecular weight is 322 g/mol. The Kier molecular flexibility index (Phi) is 7.02. The Morgan fingerprint density at radius 1 is 1.26 bits per heavy atom. The van der Waals surface area contributed by atoms with Gasteiger partial charge in [-0.3, -0.25) is 4.79 Å². The molecule has 2 rings (SSSR count). The minimum Gasteiger partial charge on any atom is -0.463 e. The summed E-state index contributed by atoms with van der Waals surface area (Å²) in [7, 11) is 0. The molecule has 1 aromatic carbocycles. The van der Waals surface area contributed by atoms with Gasteiger partial charge in [-0.15, -0.1) is 0 Å². The van der Waals surface area contributed by atoms with Crippen molar-refractivity contribution in [1.82, 2.24) is 0 Å². The van der Waals surface area contributed by atoms with Crippen molar-refractivity contribution < 1.29 is 24.1 Å². The third-order valence-electron chi connectivity index (χ3n) is 3.92. The first kappa shape index (κ1) is 17.9. The van der Waals surface area contributed by atoms with Crippen LogP contribution in [-0.2, 0) is 25.6 Å². The molecule has 0 bridgehead atoms. The molecule has 1 aliphatic rings. The Labute approximate surface area is 137 Å². The lowest BCUT2D eigenvalue weighted by molar-refractivity contribution is -0.165. The molecule has 3 atom stereocenters. The zero-order valence-electron chi connectivity index (χ0n) is 13.8. The maximum absolute atomic E-state index is 11.9. The smallest absolute Gasteiger partial charge is 0.309 e. The van der Waals surface area contributed by atoms with Crippen molar-refractivity contribution >= 4 is 5.97 Å². The van der Waals surface area contributed by atoms with E-state index in [0.29, 0.717) is 25.9 Å². The molecule has 1 aromatic rings. The fraction of sp³-hybridized carbons (Fsp3) is 0.611. The second-order valence-corrected chi connectivity index (χ2v) is 6.22. The maximum atomic E-state index is 11.9. The Morgan fingerprint density at radius 2 is 2.00 bits per heavy atom. The standard InChI is InChI=1S/C18H26O5/c1-13(2)23-18(20)15-8-9-17(16(19)10-15)22-12-21-11-14-6-4-3-5-7-14/h3-7,13,15-17,19H,8-12H2,1-2H3/t15-,16-,17-/m1/s1. The lowest BCUT2D eigenvalue weighted by Crippen LogP contribution is -2.39. The van der Waals surface area contributed by atoms with Gasteiger partial charge in [0, 0.05) is 0 Å². The molecule has 23 heavy (non-hydrogen) atoms. The number of esters is 1. The van der Waals surface area contributed by atoms with Crippen molar-refractivity contribution in [2.75, 3.05) is 6.79 Å². The summed E-state index contributed by atoms with van der Waals surface area (Å²) < 4.78 is 16.3. The summed E-state index contributed by atoms with van der Waals surface area (Å²) in [6.07, 6.45) is 0.622. The minimum atomic E-state index is -0.659. The third-order valence-corrected chi connectivity index (χ3v) is 3.92. The van der Waals surface area contributed by atoms with Gasteiger partial charge < -0.3 is 19.3 Å². The zero-order valence-corrected chi connectivity index (χ0v) is 13.8. The molecule has 1 fully saturated rings. The van der Waals surface area contributed by atoms with Crippen LogP contribution < -0.4 is 0 Å². The van der Waals surface area contributed by atoms with E-state index in [-0.39, 0.29) is 30.9 Å². The van der Waals surface area contributed by atoms with Crippen LogP contribution in [0.2, 0.25) is 0 Å². The van der Waals surface area contributed by atoms with Gasteiger partial charge in [0.2, 0.25) is 0 Å². The van der Waals surface area contributed by atoms with Crippen LogP contribution in [0.5, 0.6) is 0 Å². The summed E-state index contributed by atoms with van der Waals surface area (Å²) in [4.78, 5) is 11.9. The topological polar surface area (TPSA) is 65.0 Å². The molecule has 1 saturated carbocycles. The van der Waals surface area contributed by atoms with Crippen LogP contribution in [0.1, 0.15) is 38.7 Å². The largest absolute Gasteiger partial charge is 0.463 e. The van der Waals surface area contributed by atoms with Gasteiger partial charge in [0.15, 0.2) is 0 Å². The van der Waals surface area contributed by atoms with Crippen molar-refractivity contribution in [2.45, 2.75) is 58.0 Å². The number of aliphatic hydroxyl groups excluding tert-OH is 1. The summed E-state index contributed by atoms with van der Waals surface area (Å²) in [6.45, 7) is 4.27. The van der Waals surface area contributed by atoms with Crippen molar-refractivity contribution in [2.24, 2.45) is 5.92 Å². The van der Waals surface area contributed by atoms with Gasteiger partial charge in [0.25, 0.3) is 0 Å². The number of rotatable bonds is 7. The number of hydrogen-bond acceptors (Lipinski definition) is 5. The summed E-state index contributed by atoms with van der Waals surface area (Å²) in [5.41, 5.74) is 1.08. The quantitative estimate of drug-likeness (QED) is 0.475. The Morgan fingerprint density at radius 3 is 2.65 bits per heavy atom. The number of hydrogen-bond donors (Lipinski definition) is 1. The fourth-order valence-electron chi connectivity index (χ4n) is 2.73. The van der Waals surface area contributed by atoms with Gasteiger partial charge in [-0.2, -0.15) is 0 Å². The van der Waals surface area contributed by atoms with Crippen LogP contribution in [0.4, 0.5) is 0 Å². The van der Waals surface area contributed by atoms with Gasteiger partial charge in [0.1, 0.15) is 6.79 Å². The van der Waals surface area contributed by atoms with E-state index in [1.54, 1.807) is 0 Å². The molecule has 5 heteroatoms. The summed E-state index contributed by atoms with van der Waals surface area (Å²) in [6, 6.07) is 9.85. The van der Waals surface area contributed by atoms with Crippen molar-refractivity contribution in [3.8, 4) is 0 Å². The molecule has 0 aliphatic heterocycles. The second kappa shape index (κ2) is 9.01. The lowest BCUT2D eigenvalue weighted by Gasteiger charge is -2.32. The molecule has 0 amide bonds. The molecule has 5 nitrogen and oxygen atoms in total. The van der Waals surface area contributed by atoms with Gasteiger partial charge in [0.05, 0.1) is 30.8 Å². The van der Waals surface area contributed by atoms with E-state index in [9.17, 15) is 9.90 Å². The second-order valence-electron chi connectivity index (χ2n) is 6.22. The van der Waals surface area contributed by atoms with Crippen molar-refractivity contribution in [1.29, 1.82) is 0 Å². The van der Waals surface area contributed by atoms with Crippen LogP contribution in [0.3, 0.4) is 0 Å².